The van der Waals surface area contributed by atoms with Crippen LogP contribution in [0, 0.1) is 6.92 Å². The second-order valence-corrected chi connectivity index (χ2v) is 10.1. The Morgan fingerprint density at radius 2 is 1.72 bits per heavy atom. The topological polar surface area (TPSA) is 66.5 Å². The normalized spacial score (nSPS) is 13.1. The van der Waals surface area contributed by atoms with Gasteiger partial charge >= 0.3 is 0 Å². The van der Waals surface area contributed by atoms with Crippen molar-refractivity contribution in [1.29, 1.82) is 0 Å². The number of fused-ring (bicyclic) bond motifs is 1. The van der Waals surface area contributed by atoms with Crippen LogP contribution < -0.4 is 9.62 Å². The smallest absolute Gasteiger partial charge is 0.264 e. The molecule has 0 fully saturated rings. The Kier molecular flexibility index (Phi) is 6.33. The van der Waals surface area contributed by atoms with Gasteiger partial charge in [0.1, 0.15) is 0 Å². The molecule has 32 heavy (non-hydrogen) atoms. The molecule has 3 aromatic carbocycles. The van der Waals surface area contributed by atoms with E-state index in [2.05, 4.69) is 12.2 Å². The van der Waals surface area contributed by atoms with E-state index in [1.54, 1.807) is 42.5 Å². The lowest BCUT2D eigenvalue weighted by molar-refractivity contribution is 0.102. The maximum absolute atomic E-state index is 13.1. The Hall–Kier alpha value is -3.12. The number of carbonyl (C=O) groups is 1. The molecule has 0 aromatic heterocycles. The Morgan fingerprint density at radius 1 is 1.00 bits per heavy atom. The lowest BCUT2D eigenvalue weighted by atomic mass is 10.1. The molecule has 5 nitrogen and oxygen atoms in total. The summed E-state index contributed by atoms with van der Waals surface area (Å²) >= 11 is 0. The third-order valence-electron chi connectivity index (χ3n) is 5.83. The fraction of sp³-hybridized carbons (Fsp3) is 0.269. The molecular formula is C26H28N2O3S. The average molecular weight is 449 g/mol. The predicted octanol–water partition coefficient (Wildman–Crippen LogP) is 5.34. The van der Waals surface area contributed by atoms with E-state index < -0.39 is 10.0 Å². The minimum atomic E-state index is -3.63. The Bertz CT molecular complexity index is 1220. The zero-order valence-corrected chi connectivity index (χ0v) is 19.3. The van der Waals surface area contributed by atoms with Crippen molar-refractivity contribution in [2.75, 3.05) is 16.2 Å². The van der Waals surface area contributed by atoms with Crippen LogP contribution in [0.5, 0.6) is 0 Å². The van der Waals surface area contributed by atoms with E-state index in [1.165, 1.54) is 9.87 Å². The van der Waals surface area contributed by atoms with Crippen LogP contribution in [0.3, 0.4) is 0 Å². The lowest BCUT2D eigenvalue weighted by Gasteiger charge is -2.20. The van der Waals surface area contributed by atoms with Gasteiger partial charge in [0.05, 0.1) is 10.6 Å². The average Bonchev–Trinajstić information content (AvgIpc) is 3.23. The summed E-state index contributed by atoms with van der Waals surface area (Å²) < 4.78 is 27.7. The van der Waals surface area contributed by atoms with Gasteiger partial charge < -0.3 is 5.32 Å². The highest BCUT2D eigenvalue weighted by Crippen LogP contribution is 2.33. The molecule has 3 aromatic rings. The number of sulfonamides is 1. The molecule has 0 saturated carbocycles. The van der Waals surface area contributed by atoms with E-state index >= 15 is 0 Å². The zero-order chi connectivity index (χ0) is 22.7. The van der Waals surface area contributed by atoms with Crippen molar-refractivity contribution in [2.45, 2.75) is 44.4 Å². The molecule has 0 bridgehead atoms. The highest BCUT2D eigenvalue weighted by Gasteiger charge is 2.31. The van der Waals surface area contributed by atoms with Gasteiger partial charge in [0.2, 0.25) is 0 Å². The highest BCUT2D eigenvalue weighted by atomic mass is 32.2. The monoisotopic (exact) mass is 448 g/mol. The number of rotatable bonds is 7. The zero-order valence-electron chi connectivity index (χ0n) is 18.5. The lowest BCUT2D eigenvalue weighted by Crippen LogP contribution is -2.29. The van der Waals surface area contributed by atoms with Crippen LogP contribution in [-0.2, 0) is 22.9 Å². The number of anilines is 2. The minimum absolute atomic E-state index is 0.200. The van der Waals surface area contributed by atoms with Gasteiger partial charge in [0.15, 0.2) is 0 Å². The molecule has 4 rings (SSSR count). The Labute approximate surface area is 190 Å². The first-order valence-corrected chi connectivity index (χ1v) is 12.4. The number of aryl methyl sites for hydroxylation is 2. The van der Waals surface area contributed by atoms with Crippen LogP contribution >= 0.6 is 0 Å². The van der Waals surface area contributed by atoms with Gasteiger partial charge in [-0.15, -0.1) is 0 Å². The third kappa shape index (κ3) is 4.55. The predicted molar refractivity (Wildman–Crippen MR) is 129 cm³/mol. The standard InChI is InChI=1S/C26H28N2O3S/c1-3-4-5-20-8-11-23(12-9-20)27-26(29)22-10-15-25-21(18-22)16-17-28(25)32(30,31)24-13-6-19(2)7-14-24/h6-15,18H,3-5,16-17H2,1-2H3,(H,27,29). The fourth-order valence-electron chi connectivity index (χ4n) is 3.94. The van der Waals surface area contributed by atoms with Crippen molar-refractivity contribution in [1.82, 2.24) is 0 Å². The van der Waals surface area contributed by atoms with Gasteiger partial charge in [0.25, 0.3) is 15.9 Å². The van der Waals surface area contributed by atoms with Crippen LogP contribution in [0.4, 0.5) is 11.4 Å². The van der Waals surface area contributed by atoms with Crippen molar-refractivity contribution in [2.24, 2.45) is 0 Å². The summed E-state index contributed by atoms with van der Waals surface area (Å²) in [6.07, 6.45) is 3.92. The molecule has 0 saturated heterocycles. The minimum Gasteiger partial charge on any atom is -0.322 e. The summed E-state index contributed by atoms with van der Waals surface area (Å²) in [5.41, 5.74) is 5.05. The van der Waals surface area contributed by atoms with E-state index in [1.807, 2.05) is 31.2 Å². The molecular weight excluding hydrogens is 420 g/mol. The van der Waals surface area contributed by atoms with Gasteiger partial charge in [-0.2, -0.15) is 0 Å². The van der Waals surface area contributed by atoms with Crippen molar-refractivity contribution in [3.05, 3.63) is 89.0 Å². The summed E-state index contributed by atoms with van der Waals surface area (Å²) in [6, 6.07) is 20.0. The second-order valence-electron chi connectivity index (χ2n) is 8.24. The van der Waals surface area contributed by atoms with Crippen LogP contribution in [0.1, 0.15) is 46.8 Å². The quantitative estimate of drug-likeness (QED) is 0.530. The highest BCUT2D eigenvalue weighted by molar-refractivity contribution is 7.92. The number of hydrogen-bond donors (Lipinski definition) is 1. The summed E-state index contributed by atoms with van der Waals surface area (Å²) in [7, 11) is -3.63. The molecule has 1 amide bonds. The van der Waals surface area contributed by atoms with Crippen molar-refractivity contribution in [3.8, 4) is 0 Å². The van der Waals surface area contributed by atoms with Gasteiger partial charge in [-0.25, -0.2) is 8.42 Å². The molecule has 0 aliphatic carbocycles. The molecule has 0 spiro atoms. The molecule has 166 valence electrons. The SMILES string of the molecule is CCCCc1ccc(NC(=O)c2ccc3c(c2)CCN3S(=O)(=O)c2ccc(C)cc2)cc1. The Balaban J connectivity index is 1.50. The Morgan fingerprint density at radius 3 is 2.41 bits per heavy atom. The van der Waals surface area contributed by atoms with E-state index in [4.69, 9.17) is 0 Å². The third-order valence-corrected chi connectivity index (χ3v) is 7.66. The number of benzene rings is 3. The number of carbonyl (C=O) groups excluding carboxylic acids is 1. The molecule has 0 radical (unpaired) electrons. The number of hydrogen-bond acceptors (Lipinski definition) is 3. The fourth-order valence-corrected chi connectivity index (χ4v) is 5.44. The van der Waals surface area contributed by atoms with Crippen molar-refractivity contribution in [3.63, 3.8) is 0 Å². The largest absolute Gasteiger partial charge is 0.322 e. The van der Waals surface area contributed by atoms with Gasteiger partial charge in [-0.05, 0) is 79.8 Å². The number of nitrogens with zero attached hydrogens (tertiary/aromatic N) is 1. The number of amides is 1. The van der Waals surface area contributed by atoms with Gasteiger partial charge in [-0.1, -0.05) is 43.2 Å². The summed E-state index contributed by atoms with van der Waals surface area (Å²) in [5, 5.41) is 2.93. The van der Waals surface area contributed by atoms with Crippen LogP contribution in [0.15, 0.2) is 71.6 Å². The number of unbranched alkanes of at least 4 members (excludes halogenated alkanes) is 1. The second kappa shape index (κ2) is 9.17. The first kappa shape index (κ1) is 22.1. The van der Waals surface area contributed by atoms with E-state index in [9.17, 15) is 13.2 Å². The van der Waals surface area contributed by atoms with E-state index in [0.717, 1.165) is 36.1 Å². The van der Waals surface area contributed by atoms with Crippen LogP contribution in [0.2, 0.25) is 0 Å². The van der Waals surface area contributed by atoms with E-state index in [0.29, 0.717) is 24.2 Å². The van der Waals surface area contributed by atoms with Crippen molar-refractivity contribution >= 4 is 27.3 Å². The summed E-state index contributed by atoms with van der Waals surface area (Å²) in [4.78, 5) is 13.0. The first-order chi connectivity index (χ1) is 15.4. The molecule has 0 unspecified atom stereocenters. The number of nitrogens with one attached hydrogen (secondary N) is 1. The molecule has 6 heteroatoms. The maximum atomic E-state index is 13.1. The maximum Gasteiger partial charge on any atom is 0.264 e. The van der Waals surface area contributed by atoms with Crippen LogP contribution in [0.25, 0.3) is 0 Å². The van der Waals surface area contributed by atoms with Gasteiger partial charge in [-0.3, -0.25) is 9.10 Å². The molecule has 1 N–H and O–H groups in total. The summed E-state index contributed by atoms with van der Waals surface area (Å²) in [6.45, 7) is 4.47. The molecule has 0 atom stereocenters. The van der Waals surface area contributed by atoms with Crippen LogP contribution in [-0.4, -0.2) is 20.9 Å². The molecule has 1 aliphatic heterocycles. The summed E-state index contributed by atoms with van der Waals surface area (Å²) in [5.74, 6) is -0.200. The molecule has 1 heterocycles. The molecule has 1 aliphatic rings. The van der Waals surface area contributed by atoms with E-state index in [-0.39, 0.29) is 10.8 Å². The van der Waals surface area contributed by atoms with Gasteiger partial charge in [0, 0.05) is 17.8 Å². The first-order valence-electron chi connectivity index (χ1n) is 11.0. The van der Waals surface area contributed by atoms with Crippen molar-refractivity contribution < 1.29 is 13.2 Å².